The molecule has 0 unspecified atom stereocenters. The monoisotopic (exact) mass is 436 g/mol. The third-order valence-corrected chi connectivity index (χ3v) is 5.53. The summed E-state index contributed by atoms with van der Waals surface area (Å²) in [4.78, 5) is 23.6. The Kier molecular flexibility index (Phi) is 6.57. The topological polar surface area (TPSA) is 71.6 Å². The fourth-order valence-corrected chi connectivity index (χ4v) is 3.88. The largest absolute Gasteiger partial charge is 0.338 e. The van der Waals surface area contributed by atoms with Crippen LogP contribution in [0.5, 0.6) is 0 Å². The lowest BCUT2D eigenvalue weighted by Crippen LogP contribution is -2.30. The van der Waals surface area contributed by atoms with Gasteiger partial charge < -0.3 is 4.52 Å². The van der Waals surface area contributed by atoms with Crippen LogP contribution in [0.1, 0.15) is 37.0 Å². The van der Waals surface area contributed by atoms with Gasteiger partial charge in [0.25, 0.3) is 5.91 Å². The number of hydrogen-bond acceptors (Lipinski definition) is 6. The quantitative estimate of drug-likeness (QED) is 0.474. The first-order valence-corrected chi connectivity index (χ1v) is 11.0. The molecular formula is C23H21FN4O2S. The Morgan fingerprint density at radius 3 is 2.65 bits per heavy atom. The van der Waals surface area contributed by atoms with E-state index in [0.29, 0.717) is 34.0 Å². The maximum absolute atomic E-state index is 13.4. The zero-order valence-electron chi connectivity index (χ0n) is 17.0. The van der Waals surface area contributed by atoms with Crippen LogP contribution < -0.4 is 4.90 Å². The van der Waals surface area contributed by atoms with Crippen LogP contribution in [0.2, 0.25) is 0 Å². The minimum atomic E-state index is -0.368. The van der Waals surface area contributed by atoms with Crippen molar-refractivity contribution in [2.75, 3.05) is 4.90 Å². The molecule has 3 aromatic rings. The van der Waals surface area contributed by atoms with Crippen LogP contribution in [-0.2, 0) is 17.0 Å². The van der Waals surface area contributed by atoms with E-state index in [2.05, 4.69) is 22.1 Å². The number of benzene rings is 2. The summed E-state index contributed by atoms with van der Waals surface area (Å²) in [6, 6.07) is 15.3. The van der Waals surface area contributed by atoms with Gasteiger partial charge in [0.1, 0.15) is 11.5 Å². The molecule has 0 spiro atoms. The number of amidine groups is 1. The average molecular weight is 437 g/mol. The molecule has 1 aliphatic heterocycles. The number of unbranched alkanes of at least 4 members (excludes halogenated alkanes) is 1. The molecule has 158 valence electrons. The van der Waals surface area contributed by atoms with Crippen LogP contribution in [-0.4, -0.2) is 21.2 Å². The summed E-state index contributed by atoms with van der Waals surface area (Å²) in [6.07, 6.45) is 4.57. The molecule has 1 amide bonds. The molecule has 0 radical (unpaired) electrons. The summed E-state index contributed by atoms with van der Waals surface area (Å²) in [5, 5.41) is 4.48. The molecule has 2 heterocycles. The van der Waals surface area contributed by atoms with Crippen molar-refractivity contribution in [3.63, 3.8) is 0 Å². The van der Waals surface area contributed by atoms with E-state index in [-0.39, 0.29) is 11.7 Å². The number of nitrogens with zero attached hydrogens (tertiary/aromatic N) is 4. The maximum Gasteiger partial charge on any atom is 0.283 e. The van der Waals surface area contributed by atoms with E-state index < -0.39 is 0 Å². The summed E-state index contributed by atoms with van der Waals surface area (Å²) in [6.45, 7) is 2.11. The number of aliphatic imine (C=N–C) groups is 1. The van der Waals surface area contributed by atoms with Gasteiger partial charge in [0.2, 0.25) is 5.89 Å². The van der Waals surface area contributed by atoms with Crippen LogP contribution in [0, 0.1) is 5.82 Å². The molecule has 31 heavy (non-hydrogen) atoms. The van der Waals surface area contributed by atoms with Crippen LogP contribution in [0.3, 0.4) is 0 Å². The van der Waals surface area contributed by atoms with Gasteiger partial charge in [-0.2, -0.15) is 4.98 Å². The Bertz CT molecular complexity index is 1110. The maximum atomic E-state index is 13.4. The van der Waals surface area contributed by atoms with Gasteiger partial charge in [0.15, 0.2) is 11.0 Å². The van der Waals surface area contributed by atoms with E-state index in [1.54, 1.807) is 18.2 Å². The van der Waals surface area contributed by atoms with Crippen molar-refractivity contribution in [2.24, 2.45) is 4.99 Å². The third-order valence-electron chi connectivity index (χ3n) is 4.61. The number of anilines is 1. The van der Waals surface area contributed by atoms with Crippen molar-refractivity contribution in [3.05, 3.63) is 83.4 Å². The van der Waals surface area contributed by atoms with E-state index >= 15 is 0 Å². The minimum Gasteiger partial charge on any atom is -0.338 e. The smallest absolute Gasteiger partial charge is 0.283 e. The molecule has 2 aromatic carbocycles. The summed E-state index contributed by atoms with van der Waals surface area (Å²) >= 11 is 1.32. The summed E-state index contributed by atoms with van der Waals surface area (Å²) in [7, 11) is 0. The van der Waals surface area contributed by atoms with Crippen molar-refractivity contribution < 1.29 is 13.7 Å². The van der Waals surface area contributed by atoms with Crippen LogP contribution in [0.4, 0.5) is 10.1 Å². The molecule has 0 saturated heterocycles. The number of thioether (sulfide) groups is 1. The zero-order chi connectivity index (χ0) is 21.6. The molecule has 0 atom stereocenters. The van der Waals surface area contributed by atoms with Crippen LogP contribution >= 0.6 is 11.8 Å². The van der Waals surface area contributed by atoms with E-state index in [9.17, 15) is 9.18 Å². The van der Waals surface area contributed by atoms with Gasteiger partial charge >= 0.3 is 0 Å². The van der Waals surface area contributed by atoms with E-state index in [4.69, 9.17) is 4.52 Å². The lowest BCUT2D eigenvalue weighted by Gasteiger charge is -2.17. The van der Waals surface area contributed by atoms with Crippen molar-refractivity contribution in [3.8, 4) is 0 Å². The number of halogens is 1. The number of carbonyl (C=O) groups is 1. The summed E-state index contributed by atoms with van der Waals surface area (Å²) in [5.41, 5.74) is 1.73. The Balaban J connectivity index is 1.58. The average Bonchev–Trinajstić information content (AvgIpc) is 3.36. The molecule has 1 aromatic heterocycles. The Morgan fingerprint density at radius 2 is 1.90 bits per heavy atom. The number of rotatable bonds is 7. The molecule has 8 heteroatoms. The second-order valence-electron chi connectivity index (χ2n) is 6.95. The van der Waals surface area contributed by atoms with Gasteiger partial charge in [-0.15, -0.1) is 0 Å². The van der Waals surface area contributed by atoms with Gasteiger partial charge in [-0.05, 0) is 42.3 Å². The molecule has 6 nitrogen and oxygen atoms in total. The van der Waals surface area contributed by atoms with Gasteiger partial charge in [-0.1, -0.05) is 60.6 Å². The SMILES string of the molecule is CCCCc1noc(CSC2=N/C(=C\c3ccccc3)C(=O)N2c2ccc(F)cc2)n1. The van der Waals surface area contributed by atoms with E-state index in [1.807, 2.05) is 30.3 Å². The lowest BCUT2D eigenvalue weighted by molar-refractivity contribution is -0.113. The first-order chi connectivity index (χ1) is 15.1. The van der Waals surface area contributed by atoms with Gasteiger partial charge in [0.05, 0.1) is 11.4 Å². The van der Waals surface area contributed by atoms with Crippen molar-refractivity contribution in [1.82, 2.24) is 10.1 Å². The Labute approximate surface area is 183 Å². The molecule has 4 rings (SSSR count). The molecule has 0 N–H and O–H groups in total. The van der Waals surface area contributed by atoms with Gasteiger partial charge in [-0.3, -0.25) is 9.69 Å². The van der Waals surface area contributed by atoms with Crippen molar-refractivity contribution >= 4 is 34.6 Å². The van der Waals surface area contributed by atoms with Gasteiger partial charge in [-0.25, -0.2) is 9.38 Å². The Hall–Kier alpha value is -3.26. The molecular weight excluding hydrogens is 415 g/mol. The number of aromatic nitrogens is 2. The highest BCUT2D eigenvalue weighted by Gasteiger charge is 2.32. The second kappa shape index (κ2) is 9.70. The fourth-order valence-electron chi connectivity index (χ4n) is 3.03. The number of hydrogen-bond donors (Lipinski definition) is 0. The molecule has 0 aliphatic carbocycles. The third kappa shape index (κ3) is 5.08. The van der Waals surface area contributed by atoms with Crippen molar-refractivity contribution in [2.45, 2.75) is 31.9 Å². The van der Waals surface area contributed by atoms with Crippen molar-refractivity contribution in [1.29, 1.82) is 0 Å². The number of aryl methyl sites for hydroxylation is 1. The normalized spacial score (nSPS) is 15.0. The minimum absolute atomic E-state index is 0.271. The van der Waals surface area contributed by atoms with Crippen LogP contribution in [0.15, 0.2) is 69.8 Å². The zero-order valence-corrected chi connectivity index (χ0v) is 17.8. The summed E-state index contributed by atoms with van der Waals surface area (Å²) < 4.78 is 18.7. The van der Waals surface area contributed by atoms with Crippen LogP contribution in [0.25, 0.3) is 6.08 Å². The first kappa shape index (κ1) is 21.0. The molecule has 1 aliphatic rings. The summed E-state index contributed by atoms with van der Waals surface area (Å²) in [5.74, 6) is 0.897. The van der Waals surface area contributed by atoms with E-state index in [1.165, 1.54) is 28.8 Å². The van der Waals surface area contributed by atoms with E-state index in [0.717, 1.165) is 24.8 Å². The standard InChI is InChI=1S/C23H21FN4O2S/c1-2-3-9-20-26-21(30-27-20)15-31-23-25-19(14-16-7-5-4-6-8-16)22(29)28(23)18-12-10-17(24)11-13-18/h4-8,10-14H,2-3,9,15H2,1H3/b19-14-. The molecule has 0 fully saturated rings. The van der Waals surface area contributed by atoms with Gasteiger partial charge in [0, 0.05) is 6.42 Å². The highest BCUT2D eigenvalue weighted by atomic mass is 32.2. The molecule has 0 saturated carbocycles. The molecule has 0 bridgehead atoms. The number of amides is 1. The first-order valence-electron chi connectivity index (χ1n) is 10.0. The second-order valence-corrected chi connectivity index (χ2v) is 7.89. The lowest BCUT2D eigenvalue weighted by atomic mass is 10.2. The Morgan fingerprint density at radius 1 is 1.13 bits per heavy atom. The predicted octanol–water partition coefficient (Wildman–Crippen LogP) is 5.23. The predicted molar refractivity (Wildman–Crippen MR) is 120 cm³/mol. The number of carbonyl (C=O) groups excluding carboxylic acids is 1. The highest BCUT2D eigenvalue weighted by Crippen LogP contribution is 2.30. The fraction of sp³-hybridized carbons (Fsp3) is 0.217. The highest BCUT2D eigenvalue weighted by molar-refractivity contribution is 8.13.